The highest BCUT2D eigenvalue weighted by molar-refractivity contribution is 9.10. The number of ether oxygens (including phenoxy) is 1. The van der Waals surface area contributed by atoms with E-state index >= 15 is 0 Å². The maximum absolute atomic E-state index is 5.84. The van der Waals surface area contributed by atoms with E-state index in [1.165, 1.54) is 0 Å². The second-order valence-electron chi connectivity index (χ2n) is 3.55. The van der Waals surface area contributed by atoms with E-state index in [9.17, 15) is 0 Å². The van der Waals surface area contributed by atoms with E-state index in [4.69, 9.17) is 10.5 Å². The van der Waals surface area contributed by atoms with Gasteiger partial charge in [-0.1, -0.05) is 34.1 Å². The van der Waals surface area contributed by atoms with Crippen molar-refractivity contribution in [2.75, 3.05) is 5.73 Å². The fraction of sp³-hybridized carbons (Fsp3) is 0.0769. The summed E-state index contributed by atoms with van der Waals surface area (Å²) in [6.07, 6.45) is 0. The lowest BCUT2D eigenvalue weighted by Crippen LogP contribution is -1.93. The van der Waals surface area contributed by atoms with Crippen molar-refractivity contribution in [2.45, 2.75) is 6.92 Å². The van der Waals surface area contributed by atoms with E-state index in [-0.39, 0.29) is 0 Å². The van der Waals surface area contributed by atoms with Crippen LogP contribution in [0.3, 0.4) is 0 Å². The molecule has 0 heterocycles. The highest BCUT2D eigenvalue weighted by Crippen LogP contribution is 2.31. The zero-order valence-corrected chi connectivity index (χ0v) is 10.5. The summed E-state index contributed by atoms with van der Waals surface area (Å²) in [5, 5.41) is 0. The second kappa shape index (κ2) is 4.58. The molecule has 16 heavy (non-hydrogen) atoms. The molecule has 0 aliphatic carbocycles. The molecule has 0 bridgehead atoms. The van der Waals surface area contributed by atoms with Gasteiger partial charge >= 0.3 is 0 Å². The van der Waals surface area contributed by atoms with E-state index in [1.807, 2.05) is 49.4 Å². The van der Waals surface area contributed by atoms with Crippen molar-refractivity contribution < 1.29 is 4.74 Å². The quantitative estimate of drug-likeness (QED) is 0.838. The van der Waals surface area contributed by atoms with Crippen molar-refractivity contribution in [3.05, 3.63) is 52.5 Å². The van der Waals surface area contributed by atoms with Gasteiger partial charge in [-0.15, -0.1) is 0 Å². The number of nitrogens with two attached hydrogens (primary N) is 1. The Morgan fingerprint density at radius 2 is 1.81 bits per heavy atom. The van der Waals surface area contributed by atoms with Gasteiger partial charge in [-0.25, -0.2) is 0 Å². The van der Waals surface area contributed by atoms with Crippen molar-refractivity contribution in [2.24, 2.45) is 0 Å². The molecular weight excluding hydrogens is 266 g/mol. The Kier molecular flexibility index (Phi) is 3.15. The maximum Gasteiger partial charge on any atom is 0.151 e. The van der Waals surface area contributed by atoms with Gasteiger partial charge in [-0.2, -0.15) is 0 Å². The number of benzene rings is 2. The van der Waals surface area contributed by atoms with Crippen LogP contribution in [0.5, 0.6) is 11.5 Å². The Labute approximate surface area is 103 Å². The predicted octanol–water partition coefficient (Wildman–Crippen LogP) is 4.13. The molecule has 2 N–H and O–H groups in total. The van der Waals surface area contributed by atoms with Gasteiger partial charge in [0.05, 0.1) is 5.69 Å². The second-order valence-corrected chi connectivity index (χ2v) is 4.47. The van der Waals surface area contributed by atoms with Crippen LogP contribution in [0.4, 0.5) is 5.69 Å². The van der Waals surface area contributed by atoms with Crippen molar-refractivity contribution in [3.63, 3.8) is 0 Å². The van der Waals surface area contributed by atoms with E-state index in [2.05, 4.69) is 15.9 Å². The minimum atomic E-state index is 0.631. The Balaban J connectivity index is 2.34. The molecule has 0 amide bonds. The molecule has 2 aromatic rings. The van der Waals surface area contributed by atoms with Gasteiger partial charge in [-0.3, -0.25) is 0 Å². The predicted molar refractivity (Wildman–Crippen MR) is 69.8 cm³/mol. The van der Waals surface area contributed by atoms with E-state index in [1.54, 1.807) is 0 Å². The molecule has 0 aliphatic heterocycles. The van der Waals surface area contributed by atoms with Crippen LogP contribution in [0.2, 0.25) is 0 Å². The number of rotatable bonds is 2. The smallest absolute Gasteiger partial charge is 0.151 e. The maximum atomic E-state index is 5.84. The van der Waals surface area contributed by atoms with Gasteiger partial charge in [0.2, 0.25) is 0 Å². The van der Waals surface area contributed by atoms with E-state index in [0.29, 0.717) is 11.4 Å². The van der Waals surface area contributed by atoms with Crippen LogP contribution in [-0.2, 0) is 0 Å². The molecule has 0 unspecified atom stereocenters. The number of hydrogen-bond donors (Lipinski definition) is 1. The summed E-state index contributed by atoms with van der Waals surface area (Å²) in [5.41, 5.74) is 7.56. The lowest BCUT2D eigenvalue weighted by Gasteiger charge is -2.10. The lowest BCUT2D eigenvalue weighted by molar-refractivity contribution is 0.481. The molecule has 2 nitrogen and oxygen atoms in total. The van der Waals surface area contributed by atoms with E-state index < -0.39 is 0 Å². The first-order valence-corrected chi connectivity index (χ1v) is 5.74. The third-order valence-corrected chi connectivity index (χ3v) is 2.78. The molecule has 0 atom stereocenters. The van der Waals surface area contributed by atoms with E-state index in [0.717, 1.165) is 15.8 Å². The van der Waals surface area contributed by atoms with Crippen LogP contribution in [0.25, 0.3) is 0 Å². The molecule has 0 radical (unpaired) electrons. The summed E-state index contributed by atoms with van der Waals surface area (Å²) in [4.78, 5) is 0. The lowest BCUT2D eigenvalue weighted by atomic mass is 10.2. The van der Waals surface area contributed by atoms with Crippen LogP contribution in [-0.4, -0.2) is 0 Å². The first-order valence-electron chi connectivity index (χ1n) is 4.95. The molecule has 0 spiro atoms. The minimum absolute atomic E-state index is 0.631. The minimum Gasteiger partial charge on any atom is -0.455 e. The molecule has 0 saturated heterocycles. The van der Waals surface area contributed by atoms with Crippen LogP contribution in [0.1, 0.15) is 5.56 Å². The Hall–Kier alpha value is -1.48. The molecular formula is C13H12BrNO. The summed E-state index contributed by atoms with van der Waals surface area (Å²) in [6, 6.07) is 13.4. The highest BCUT2D eigenvalue weighted by Gasteiger charge is 2.04. The van der Waals surface area contributed by atoms with Crippen molar-refractivity contribution in [1.29, 1.82) is 0 Å². The standard InChI is InChI=1S/C13H12BrNO/c1-9-4-2-3-5-12(9)16-13-8-10(14)6-7-11(13)15/h2-8H,15H2,1H3. The SMILES string of the molecule is Cc1ccccc1Oc1cc(Br)ccc1N. The number of aryl methyl sites for hydroxylation is 1. The Bertz CT molecular complexity index is 511. The van der Waals surface area contributed by atoms with Gasteiger partial charge in [-0.05, 0) is 36.8 Å². The fourth-order valence-electron chi connectivity index (χ4n) is 1.39. The van der Waals surface area contributed by atoms with Crippen molar-refractivity contribution >= 4 is 21.6 Å². The highest BCUT2D eigenvalue weighted by atomic mass is 79.9. The molecule has 2 rings (SSSR count). The van der Waals surface area contributed by atoms with Crippen LogP contribution >= 0.6 is 15.9 Å². The number of halogens is 1. The van der Waals surface area contributed by atoms with Crippen molar-refractivity contribution in [3.8, 4) is 11.5 Å². The summed E-state index contributed by atoms with van der Waals surface area (Å²) in [6.45, 7) is 2.00. The van der Waals surface area contributed by atoms with Gasteiger partial charge in [0.25, 0.3) is 0 Å². The average molecular weight is 278 g/mol. The largest absolute Gasteiger partial charge is 0.455 e. The van der Waals surface area contributed by atoms with Gasteiger partial charge in [0.1, 0.15) is 5.75 Å². The molecule has 0 aromatic heterocycles. The molecule has 3 heteroatoms. The number of para-hydroxylation sites is 1. The molecule has 82 valence electrons. The topological polar surface area (TPSA) is 35.2 Å². The molecule has 0 fully saturated rings. The van der Waals surface area contributed by atoms with Crippen LogP contribution < -0.4 is 10.5 Å². The zero-order chi connectivity index (χ0) is 11.5. The third-order valence-electron chi connectivity index (χ3n) is 2.29. The van der Waals surface area contributed by atoms with Crippen molar-refractivity contribution in [1.82, 2.24) is 0 Å². The van der Waals surface area contributed by atoms with Gasteiger partial charge in [0.15, 0.2) is 5.75 Å². The summed E-state index contributed by atoms with van der Waals surface area (Å²) >= 11 is 3.39. The Morgan fingerprint density at radius 1 is 1.06 bits per heavy atom. The molecule has 0 aliphatic rings. The normalized spacial score (nSPS) is 10.1. The zero-order valence-electron chi connectivity index (χ0n) is 8.91. The first kappa shape index (κ1) is 11.0. The van der Waals surface area contributed by atoms with Crippen LogP contribution in [0.15, 0.2) is 46.9 Å². The number of anilines is 1. The van der Waals surface area contributed by atoms with Crippen LogP contribution in [0, 0.1) is 6.92 Å². The number of hydrogen-bond acceptors (Lipinski definition) is 2. The Morgan fingerprint density at radius 3 is 2.56 bits per heavy atom. The van der Waals surface area contributed by atoms with Gasteiger partial charge in [0, 0.05) is 4.47 Å². The summed E-state index contributed by atoms with van der Waals surface area (Å²) in [5.74, 6) is 1.50. The number of nitrogen functional groups attached to an aromatic ring is 1. The summed E-state index contributed by atoms with van der Waals surface area (Å²) < 4.78 is 6.72. The molecule has 2 aromatic carbocycles. The third kappa shape index (κ3) is 2.36. The molecule has 0 saturated carbocycles. The summed E-state index contributed by atoms with van der Waals surface area (Å²) in [7, 11) is 0. The van der Waals surface area contributed by atoms with Gasteiger partial charge < -0.3 is 10.5 Å². The first-order chi connectivity index (χ1) is 7.66. The monoisotopic (exact) mass is 277 g/mol. The average Bonchev–Trinajstić information content (AvgIpc) is 2.27. The fourth-order valence-corrected chi connectivity index (χ4v) is 1.73.